The maximum Gasteiger partial charge on any atom is 0.165 e. The number of fused-ring (bicyclic) bond motifs is 5. The minimum Gasteiger partial charge on any atom is -0.393 e. The van der Waals surface area contributed by atoms with Crippen molar-refractivity contribution >= 4 is 5.78 Å². The van der Waals surface area contributed by atoms with E-state index in [-0.39, 0.29) is 35.9 Å². The molecule has 3 N–H and O–H groups in total. The number of aliphatic hydroxyl groups is 3. The smallest absolute Gasteiger partial charge is 0.165 e. The molecular formula is C27H46O4. The molecule has 0 saturated heterocycles. The Morgan fingerprint density at radius 3 is 2.42 bits per heavy atom. The summed E-state index contributed by atoms with van der Waals surface area (Å²) in [7, 11) is 0. The van der Waals surface area contributed by atoms with E-state index < -0.39 is 23.2 Å². The summed E-state index contributed by atoms with van der Waals surface area (Å²) in [5.41, 5.74) is -2.15. The number of carbonyl (C=O) groups is 1. The van der Waals surface area contributed by atoms with Crippen molar-refractivity contribution < 1.29 is 20.1 Å². The highest BCUT2D eigenvalue weighted by atomic mass is 16.3. The molecule has 10 atom stereocenters. The van der Waals surface area contributed by atoms with E-state index in [0.29, 0.717) is 24.2 Å². The van der Waals surface area contributed by atoms with E-state index in [4.69, 9.17) is 0 Å². The molecule has 4 heteroatoms. The van der Waals surface area contributed by atoms with Gasteiger partial charge in [0.05, 0.1) is 12.2 Å². The Labute approximate surface area is 189 Å². The van der Waals surface area contributed by atoms with Gasteiger partial charge in [-0.2, -0.15) is 0 Å². The first-order valence-electron chi connectivity index (χ1n) is 13.1. The van der Waals surface area contributed by atoms with Crippen LogP contribution in [0.5, 0.6) is 0 Å². The molecule has 31 heavy (non-hydrogen) atoms. The Morgan fingerprint density at radius 2 is 1.74 bits per heavy atom. The number of ketones is 1. The van der Waals surface area contributed by atoms with Gasteiger partial charge in [0.15, 0.2) is 5.78 Å². The van der Waals surface area contributed by atoms with E-state index in [1.165, 1.54) is 32.1 Å². The summed E-state index contributed by atoms with van der Waals surface area (Å²) < 4.78 is 0. The summed E-state index contributed by atoms with van der Waals surface area (Å²) in [5, 5.41) is 32.8. The Morgan fingerprint density at radius 1 is 1.03 bits per heavy atom. The van der Waals surface area contributed by atoms with Crippen molar-refractivity contribution in [2.24, 2.45) is 46.3 Å². The van der Waals surface area contributed by atoms with Crippen LogP contribution in [0.25, 0.3) is 0 Å². The number of hydrogen-bond donors (Lipinski definition) is 3. The third kappa shape index (κ3) is 3.46. The molecule has 0 aromatic carbocycles. The zero-order valence-electron chi connectivity index (χ0n) is 20.4. The average Bonchev–Trinajstić information content (AvgIpc) is 3.02. The van der Waals surface area contributed by atoms with Crippen LogP contribution in [-0.2, 0) is 4.79 Å². The molecule has 0 aromatic rings. The highest BCUT2D eigenvalue weighted by Gasteiger charge is 2.70. The summed E-state index contributed by atoms with van der Waals surface area (Å²) in [5.74, 6) is 2.99. The van der Waals surface area contributed by atoms with Gasteiger partial charge in [0.25, 0.3) is 0 Å². The quantitative estimate of drug-likeness (QED) is 0.584. The van der Waals surface area contributed by atoms with Crippen LogP contribution in [0.15, 0.2) is 0 Å². The van der Waals surface area contributed by atoms with Crippen LogP contribution in [-0.4, -0.2) is 38.9 Å². The molecule has 0 aliphatic heterocycles. The van der Waals surface area contributed by atoms with Gasteiger partial charge in [-0.3, -0.25) is 4.79 Å². The Kier molecular flexibility index (Phi) is 6.19. The predicted molar refractivity (Wildman–Crippen MR) is 122 cm³/mol. The fourth-order valence-corrected chi connectivity index (χ4v) is 9.11. The molecule has 10 unspecified atom stereocenters. The van der Waals surface area contributed by atoms with E-state index in [1.54, 1.807) is 0 Å². The van der Waals surface area contributed by atoms with E-state index in [2.05, 4.69) is 27.7 Å². The van der Waals surface area contributed by atoms with Gasteiger partial charge in [-0.15, -0.1) is 0 Å². The molecule has 4 fully saturated rings. The van der Waals surface area contributed by atoms with Crippen molar-refractivity contribution in [3.63, 3.8) is 0 Å². The monoisotopic (exact) mass is 434 g/mol. The molecule has 0 aromatic heterocycles. The Bertz CT molecular complexity index is 691. The van der Waals surface area contributed by atoms with Crippen molar-refractivity contribution in [2.45, 2.75) is 117 Å². The van der Waals surface area contributed by atoms with E-state index in [0.717, 1.165) is 18.8 Å². The average molecular weight is 435 g/mol. The second-order valence-electron chi connectivity index (χ2n) is 12.8. The molecule has 0 amide bonds. The highest BCUT2D eigenvalue weighted by Crippen LogP contribution is 2.68. The van der Waals surface area contributed by atoms with Gasteiger partial charge in [0.2, 0.25) is 0 Å². The van der Waals surface area contributed by atoms with Crippen LogP contribution >= 0.6 is 0 Å². The number of carbonyl (C=O) groups excluding carboxylic acids is 1. The number of Topliss-reactive ketones (excluding diaryl/α,β-unsaturated/α-hetero) is 1. The second-order valence-corrected chi connectivity index (χ2v) is 12.8. The molecule has 4 aliphatic carbocycles. The lowest BCUT2D eigenvalue weighted by Crippen LogP contribution is -2.71. The molecule has 0 spiro atoms. The summed E-state index contributed by atoms with van der Waals surface area (Å²) in [6.45, 7) is 11.5. The normalized spacial score (nSPS) is 50.7. The number of aliphatic hydroxyl groups excluding tert-OH is 2. The van der Waals surface area contributed by atoms with Crippen LogP contribution in [0.2, 0.25) is 0 Å². The lowest BCUT2D eigenvalue weighted by molar-refractivity contribution is -0.245. The topological polar surface area (TPSA) is 77.8 Å². The molecular weight excluding hydrogens is 388 g/mol. The maximum absolute atomic E-state index is 13.3. The maximum atomic E-state index is 13.3. The van der Waals surface area contributed by atoms with Crippen LogP contribution < -0.4 is 0 Å². The van der Waals surface area contributed by atoms with E-state index in [9.17, 15) is 20.1 Å². The standard InChI is InChI=1S/C27H46O4/c1-16(2)7-6-8-17(3)20-9-10-21-19-14-24(30)27(31)15-18(28)13-23(29)26(27,5)22(19)11-12-25(20,21)4/h16-23,28-29,31H,6-15H2,1-5H3. The van der Waals surface area contributed by atoms with Gasteiger partial charge in [-0.1, -0.05) is 53.9 Å². The van der Waals surface area contributed by atoms with Gasteiger partial charge < -0.3 is 15.3 Å². The second kappa shape index (κ2) is 8.09. The fraction of sp³-hybridized carbons (Fsp3) is 0.963. The predicted octanol–water partition coefficient (Wildman–Crippen LogP) is 4.73. The van der Waals surface area contributed by atoms with E-state index in [1.807, 2.05) is 6.92 Å². The third-order valence-corrected chi connectivity index (χ3v) is 10.9. The van der Waals surface area contributed by atoms with Gasteiger partial charge in [-0.25, -0.2) is 0 Å². The molecule has 4 rings (SSSR count). The Balaban J connectivity index is 1.57. The molecule has 0 bridgehead atoms. The van der Waals surface area contributed by atoms with Crippen LogP contribution in [0.1, 0.15) is 98.8 Å². The third-order valence-electron chi connectivity index (χ3n) is 10.9. The zero-order valence-corrected chi connectivity index (χ0v) is 20.4. The fourth-order valence-electron chi connectivity index (χ4n) is 9.11. The highest BCUT2D eigenvalue weighted by molar-refractivity contribution is 5.90. The first kappa shape index (κ1) is 23.7. The number of hydrogen-bond acceptors (Lipinski definition) is 4. The molecule has 0 radical (unpaired) electrons. The summed E-state index contributed by atoms with van der Waals surface area (Å²) in [6, 6.07) is 0. The van der Waals surface area contributed by atoms with Crippen molar-refractivity contribution in [1.29, 1.82) is 0 Å². The van der Waals surface area contributed by atoms with Gasteiger partial charge in [0, 0.05) is 24.7 Å². The van der Waals surface area contributed by atoms with Crippen LogP contribution in [0.4, 0.5) is 0 Å². The number of rotatable bonds is 5. The zero-order chi connectivity index (χ0) is 22.8. The van der Waals surface area contributed by atoms with Gasteiger partial charge in [0.1, 0.15) is 5.60 Å². The van der Waals surface area contributed by atoms with E-state index >= 15 is 0 Å². The SMILES string of the molecule is CC(C)CCCC(C)C1CCC2C3CC(=O)C4(O)CC(O)CC(O)C4(C)C3CCC12C. The largest absolute Gasteiger partial charge is 0.393 e. The Hall–Kier alpha value is -0.450. The molecule has 0 heterocycles. The van der Waals surface area contributed by atoms with Crippen LogP contribution in [0.3, 0.4) is 0 Å². The van der Waals surface area contributed by atoms with Crippen molar-refractivity contribution in [3.8, 4) is 0 Å². The molecule has 4 saturated carbocycles. The van der Waals surface area contributed by atoms with Crippen molar-refractivity contribution in [2.75, 3.05) is 0 Å². The first-order chi connectivity index (χ1) is 14.4. The van der Waals surface area contributed by atoms with Gasteiger partial charge in [-0.05, 0) is 66.6 Å². The van der Waals surface area contributed by atoms with Crippen molar-refractivity contribution in [3.05, 3.63) is 0 Å². The molecule has 4 nitrogen and oxygen atoms in total. The summed E-state index contributed by atoms with van der Waals surface area (Å²) >= 11 is 0. The minimum atomic E-state index is -1.58. The lowest BCUT2D eigenvalue weighted by Gasteiger charge is -2.64. The first-order valence-corrected chi connectivity index (χ1v) is 13.1. The van der Waals surface area contributed by atoms with Crippen LogP contribution in [0, 0.1) is 46.3 Å². The molecule has 178 valence electrons. The van der Waals surface area contributed by atoms with Crippen molar-refractivity contribution in [1.82, 2.24) is 0 Å². The minimum absolute atomic E-state index is 0.0834. The lowest BCUT2D eigenvalue weighted by atomic mass is 9.42. The summed E-state index contributed by atoms with van der Waals surface area (Å²) in [6.07, 6.45) is 7.60. The summed E-state index contributed by atoms with van der Waals surface area (Å²) in [4.78, 5) is 13.3. The van der Waals surface area contributed by atoms with Gasteiger partial charge >= 0.3 is 0 Å². The molecule has 4 aliphatic rings.